The molecule has 32 heavy (non-hydrogen) atoms. The van der Waals surface area contributed by atoms with E-state index in [1.807, 2.05) is 0 Å². The molecule has 1 amide bonds. The minimum Gasteiger partial charge on any atom is -0.337 e. The minimum absolute atomic E-state index is 0.119. The molecule has 1 aromatic heterocycles. The Morgan fingerprint density at radius 3 is 2.50 bits per heavy atom. The molecular formula is C24H20ClFN2O3S. The largest absolute Gasteiger partial charge is 0.337 e. The highest BCUT2D eigenvalue weighted by atomic mass is 35.5. The van der Waals surface area contributed by atoms with Crippen LogP contribution in [-0.2, 0) is 26.9 Å². The van der Waals surface area contributed by atoms with Crippen LogP contribution in [0.2, 0.25) is 5.02 Å². The molecule has 0 aliphatic heterocycles. The molecule has 0 radical (unpaired) electrons. The number of carbonyl (C=O) groups is 1. The van der Waals surface area contributed by atoms with Crippen LogP contribution in [0.25, 0.3) is 10.9 Å². The highest BCUT2D eigenvalue weighted by molar-refractivity contribution is 7.90. The van der Waals surface area contributed by atoms with Gasteiger partial charge in [0.15, 0.2) is 9.84 Å². The molecule has 0 spiro atoms. The molecule has 1 heterocycles. The quantitative estimate of drug-likeness (QED) is 0.412. The third-order valence-corrected chi connectivity index (χ3v) is 7.09. The third kappa shape index (κ3) is 4.69. The van der Waals surface area contributed by atoms with Gasteiger partial charge in [-0.25, -0.2) is 12.8 Å². The van der Waals surface area contributed by atoms with Crippen LogP contribution in [0.5, 0.6) is 0 Å². The van der Waals surface area contributed by atoms with Crippen LogP contribution < -0.4 is 5.32 Å². The lowest BCUT2D eigenvalue weighted by atomic mass is 10.2. The average Bonchev–Trinajstić information content (AvgIpc) is 3.12. The van der Waals surface area contributed by atoms with Crippen LogP contribution >= 0.6 is 11.6 Å². The maximum Gasteiger partial charge on any atom is 0.244 e. The molecule has 4 rings (SSSR count). The first-order valence-corrected chi connectivity index (χ1v) is 11.9. The van der Waals surface area contributed by atoms with Crippen LogP contribution in [0, 0.1) is 12.7 Å². The van der Waals surface area contributed by atoms with Gasteiger partial charge in [0.1, 0.15) is 12.4 Å². The van der Waals surface area contributed by atoms with Crippen LogP contribution in [0.1, 0.15) is 11.1 Å². The van der Waals surface area contributed by atoms with Crippen LogP contribution in [0.4, 0.5) is 10.1 Å². The molecule has 164 valence electrons. The van der Waals surface area contributed by atoms with E-state index in [0.29, 0.717) is 32.7 Å². The second-order valence-electron chi connectivity index (χ2n) is 7.54. The predicted molar refractivity (Wildman–Crippen MR) is 124 cm³/mol. The number of aryl methyl sites for hydroxylation is 1. The van der Waals surface area contributed by atoms with Gasteiger partial charge in [-0.3, -0.25) is 4.79 Å². The van der Waals surface area contributed by atoms with Crippen molar-refractivity contribution in [3.8, 4) is 0 Å². The summed E-state index contributed by atoms with van der Waals surface area (Å²) in [6, 6.07) is 18.1. The Balaban J connectivity index is 1.62. The number of nitrogens with zero attached hydrogens (tertiary/aromatic N) is 1. The second kappa shape index (κ2) is 8.76. The van der Waals surface area contributed by atoms with E-state index in [0.717, 1.165) is 0 Å². The Kier molecular flexibility index (Phi) is 6.04. The molecule has 4 aromatic rings. The first-order chi connectivity index (χ1) is 15.2. The summed E-state index contributed by atoms with van der Waals surface area (Å²) in [6.07, 6.45) is 1.48. The van der Waals surface area contributed by atoms with Gasteiger partial charge >= 0.3 is 0 Å². The van der Waals surface area contributed by atoms with Gasteiger partial charge in [0.2, 0.25) is 5.91 Å². The number of para-hydroxylation sites is 1. The number of carbonyl (C=O) groups excluding carboxylic acids is 1. The summed E-state index contributed by atoms with van der Waals surface area (Å²) < 4.78 is 41.7. The lowest BCUT2D eigenvalue weighted by Crippen LogP contribution is -2.18. The number of benzene rings is 3. The van der Waals surface area contributed by atoms with E-state index < -0.39 is 21.6 Å². The zero-order valence-electron chi connectivity index (χ0n) is 17.2. The molecule has 8 heteroatoms. The highest BCUT2D eigenvalue weighted by Gasteiger charge is 2.22. The highest BCUT2D eigenvalue weighted by Crippen LogP contribution is 2.28. The van der Waals surface area contributed by atoms with Crippen molar-refractivity contribution in [2.24, 2.45) is 0 Å². The van der Waals surface area contributed by atoms with Crippen LogP contribution in [0.15, 0.2) is 77.8 Å². The van der Waals surface area contributed by atoms with Gasteiger partial charge < -0.3 is 9.88 Å². The smallest absolute Gasteiger partial charge is 0.244 e. The van der Waals surface area contributed by atoms with E-state index in [-0.39, 0.29) is 17.2 Å². The van der Waals surface area contributed by atoms with Gasteiger partial charge in [0.25, 0.3) is 0 Å². The van der Waals surface area contributed by atoms with Gasteiger partial charge in [-0.1, -0.05) is 48.0 Å². The Morgan fingerprint density at radius 2 is 1.78 bits per heavy atom. The number of nitrogens with one attached hydrogen (secondary N) is 1. The Hall–Kier alpha value is -3.16. The van der Waals surface area contributed by atoms with Crippen molar-refractivity contribution in [2.45, 2.75) is 24.1 Å². The predicted octanol–water partition coefficient (Wildman–Crippen LogP) is 5.35. The summed E-state index contributed by atoms with van der Waals surface area (Å²) in [5.74, 6) is -0.993. The zero-order chi connectivity index (χ0) is 22.9. The van der Waals surface area contributed by atoms with E-state index in [4.69, 9.17) is 11.6 Å². The number of hydrogen-bond donors (Lipinski definition) is 1. The van der Waals surface area contributed by atoms with E-state index >= 15 is 0 Å². The zero-order valence-corrected chi connectivity index (χ0v) is 18.8. The van der Waals surface area contributed by atoms with Gasteiger partial charge in [0, 0.05) is 27.8 Å². The normalized spacial score (nSPS) is 11.6. The monoisotopic (exact) mass is 470 g/mol. The molecule has 1 N–H and O–H groups in total. The lowest BCUT2D eigenvalue weighted by Gasteiger charge is -2.08. The number of anilines is 1. The number of amides is 1. The number of aromatic nitrogens is 1. The summed E-state index contributed by atoms with van der Waals surface area (Å²) >= 11 is 5.89. The van der Waals surface area contributed by atoms with Crippen molar-refractivity contribution >= 4 is 43.9 Å². The molecule has 0 unspecified atom stereocenters. The van der Waals surface area contributed by atoms with Crippen molar-refractivity contribution < 1.29 is 17.6 Å². The van der Waals surface area contributed by atoms with Gasteiger partial charge in [-0.2, -0.15) is 0 Å². The molecule has 0 saturated heterocycles. The molecule has 5 nitrogen and oxygen atoms in total. The second-order valence-corrected chi connectivity index (χ2v) is 9.93. The molecular weight excluding hydrogens is 451 g/mol. The maximum atomic E-state index is 13.8. The van der Waals surface area contributed by atoms with Crippen molar-refractivity contribution in [2.75, 3.05) is 5.32 Å². The van der Waals surface area contributed by atoms with Crippen molar-refractivity contribution in [1.29, 1.82) is 0 Å². The summed E-state index contributed by atoms with van der Waals surface area (Å²) in [5.41, 5.74) is 2.05. The first kappa shape index (κ1) is 22.0. The first-order valence-electron chi connectivity index (χ1n) is 9.84. The van der Waals surface area contributed by atoms with Crippen LogP contribution in [0.3, 0.4) is 0 Å². The van der Waals surface area contributed by atoms with E-state index in [1.165, 1.54) is 12.3 Å². The standard InChI is InChI=1S/C24H20ClFN2O3S/c1-16-6-11-19(12-21(16)26)27-24(29)14-28-13-23(20-4-2-3-5-22(20)28)32(30,31)15-17-7-9-18(25)10-8-17/h2-13H,14-15H2,1H3,(H,27,29). The fourth-order valence-electron chi connectivity index (χ4n) is 3.50. The van der Waals surface area contributed by atoms with E-state index in [1.54, 1.807) is 72.2 Å². The molecule has 0 bridgehead atoms. The lowest BCUT2D eigenvalue weighted by molar-refractivity contribution is -0.116. The molecule has 0 fully saturated rings. The molecule has 0 aliphatic carbocycles. The SMILES string of the molecule is Cc1ccc(NC(=O)Cn2cc(S(=O)(=O)Cc3ccc(Cl)cc3)c3ccccc32)cc1F. The van der Waals surface area contributed by atoms with Gasteiger partial charge in [0.05, 0.1) is 10.6 Å². The molecule has 0 atom stereocenters. The Morgan fingerprint density at radius 1 is 1.06 bits per heavy atom. The molecule has 0 saturated carbocycles. The van der Waals surface area contributed by atoms with Gasteiger partial charge in [-0.05, 0) is 48.4 Å². The van der Waals surface area contributed by atoms with Gasteiger partial charge in [-0.15, -0.1) is 0 Å². The summed E-state index contributed by atoms with van der Waals surface area (Å²) in [6.45, 7) is 1.52. The topological polar surface area (TPSA) is 68.2 Å². The fourth-order valence-corrected chi connectivity index (χ4v) is 5.20. The molecule has 0 aliphatic rings. The maximum absolute atomic E-state index is 13.8. The average molecular weight is 471 g/mol. The number of hydrogen-bond acceptors (Lipinski definition) is 3. The number of rotatable bonds is 6. The number of fused-ring (bicyclic) bond motifs is 1. The summed E-state index contributed by atoms with van der Waals surface area (Å²) in [5, 5.41) is 3.72. The Bertz CT molecular complexity index is 1410. The summed E-state index contributed by atoms with van der Waals surface area (Å²) in [7, 11) is -3.68. The van der Waals surface area contributed by atoms with Crippen molar-refractivity contribution in [1.82, 2.24) is 4.57 Å². The molecule has 3 aromatic carbocycles. The van der Waals surface area contributed by atoms with E-state index in [9.17, 15) is 17.6 Å². The fraction of sp³-hybridized carbons (Fsp3) is 0.125. The van der Waals surface area contributed by atoms with Crippen molar-refractivity contribution in [3.63, 3.8) is 0 Å². The summed E-state index contributed by atoms with van der Waals surface area (Å²) in [4.78, 5) is 12.7. The van der Waals surface area contributed by atoms with E-state index in [2.05, 4.69) is 5.32 Å². The van der Waals surface area contributed by atoms with Crippen molar-refractivity contribution in [3.05, 3.63) is 94.9 Å². The van der Waals surface area contributed by atoms with Crippen LogP contribution in [-0.4, -0.2) is 18.9 Å². The minimum atomic E-state index is -3.68. The number of sulfone groups is 1. The third-order valence-electron chi connectivity index (χ3n) is 5.13. The Labute approximate surface area is 190 Å². The number of halogens is 2.